The van der Waals surface area contributed by atoms with Gasteiger partial charge in [-0.2, -0.15) is 0 Å². The molecule has 19 heavy (non-hydrogen) atoms. The molecule has 2 N–H and O–H groups in total. The first-order chi connectivity index (χ1) is 8.58. The van der Waals surface area contributed by atoms with E-state index >= 15 is 0 Å². The Morgan fingerprint density at radius 2 is 2.00 bits per heavy atom. The number of rotatable bonds is 4. The zero-order valence-electron chi connectivity index (χ0n) is 12.3. The maximum absolute atomic E-state index is 12.3. The summed E-state index contributed by atoms with van der Waals surface area (Å²) in [4.78, 5) is 25.2. The average Bonchev–Trinajstić information content (AvgIpc) is 2.26. The molecule has 1 saturated heterocycles. The van der Waals surface area contributed by atoms with E-state index in [2.05, 4.69) is 0 Å². The molecule has 1 rings (SSSR count). The Morgan fingerprint density at radius 3 is 2.42 bits per heavy atom. The summed E-state index contributed by atoms with van der Waals surface area (Å²) in [5.74, 6) is -1.25. The van der Waals surface area contributed by atoms with E-state index in [1.807, 2.05) is 13.8 Å². The number of carbonyl (C=O) groups excluding carboxylic acids is 1. The zero-order chi connectivity index (χ0) is 14.8. The van der Waals surface area contributed by atoms with Crippen LogP contribution in [-0.2, 0) is 9.59 Å². The molecule has 0 aromatic carbocycles. The molecule has 110 valence electrons. The number of likely N-dealkylation sites (tertiary alicyclic amines) is 1. The number of carboxylic acid groups (broad SMARTS) is 1. The van der Waals surface area contributed by atoms with Crippen LogP contribution in [0.4, 0.5) is 0 Å². The predicted molar refractivity (Wildman–Crippen MR) is 71.6 cm³/mol. The van der Waals surface area contributed by atoms with E-state index in [9.17, 15) is 19.8 Å². The third-order valence-corrected chi connectivity index (χ3v) is 4.31. The SMILES string of the molecule is CC(C)C(C)(CC(=O)N1CCCC(C)(O)C1)C(=O)O. The van der Waals surface area contributed by atoms with Crippen LogP contribution < -0.4 is 0 Å². The van der Waals surface area contributed by atoms with Crippen molar-refractivity contribution in [1.82, 2.24) is 4.90 Å². The Bertz CT molecular complexity index is 364. The number of piperidine rings is 1. The van der Waals surface area contributed by atoms with E-state index in [4.69, 9.17) is 0 Å². The second-order valence-corrected chi connectivity index (χ2v) is 6.47. The zero-order valence-corrected chi connectivity index (χ0v) is 12.3. The van der Waals surface area contributed by atoms with E-state index in [0.717, 1.165) is 6.42 Å². The lowest BCUT2D eigenvalue weighted by Gasteiger charge is -2.38. The van der Waals surface area contributed by atoms with Gasteiger partial charge in [0.1, 0.15) is 0 Å². The molecule has 2 atom stereocenters. The van der Waals surface area contributed by atoms with E-state index < -0.39 is 17.0 Å². The van der Waals surface area contributed by atoms with Crippen LogP contribution in [0.3, 0.4) is 0 Å². The van der Waals surface area contributed by atoms with Gasteiger partial charge in [0, 0.05) is 19.5 Å². The Hall–Kier alpha value is -1.10. The first kappa shape index (κ1) is 16.0. The van der Waals surface area contributed by atoms with E-state index in [1.54, 1.807) is 18.7 Å². The fourth-order valence-electron chi connectivity index (χ4n) is 2.39. The van der Waals surface area contributed by atoms with Crippen molar-refractivity contribution in [2.75, 3.05) is 13.1 Å². The van der Waals surface area contributed by atoms with Crippen LogP contribution in [0.2, 0.25) is 0 Å². The van der Waals surface area contributed by atoms with Crippen molar-refractivity contribution in [1.29, 1.82) is 0 Å². The number of carboxylic acids is 1. The number of aliphatic carboxylic acids is 1. The van der Waals surface area contributed by atoms with Crippen LogP contribution >= 0.6 is 0 Å². The molecular weight excluding hydrogens is 246 g/mol. The van der Waals surface area contributed by atoms with Gasteiger partial charge in [-0.05, 0) is 32.6 Å². The third-order valence-electron chi connectivity index (χ3n) is 4.31. The lowest BCUT2D eigenvalue weighted by Crippen LogP contribution is -2.50. The van der Waals surface area contributed by atoms with E-state index in [-0.39, 0.29) is 18.2 Å². The van der Waals surface area contributed by atoms with Crippen LogP contribution in [0.15, 0.2) is 0 Å². The molecule has 1 fully saturated rings. The summed E-state index contributed by atoms with van der Waals surface area (Å²) < 4.78 is 0. The number of β-amino-alcohol motifs (C(OH)–C–C–N with tert-alkyl or cyclic N) is 1. The molecule has 0 aromatic heterocycles. The second-order valence-electron chi connectivity index (χ2n) is 6.47. The van der Waals surface area contributed by atoms with Gasteiger partial charge in [-0.1, -0.05) is 13.8 Å². The molecule has 0 aliphatic carbocycles. The highest BCUT2D eigenvalue weighted by molar-refractivity contribution is 5.85. The summed E-state index contributed by atoms with van der Waals surface area (Å²) in [6.45, 7) is 7.84. The lowest BCUT2D eigenvalue weighted by molar-refractivity contribution is -0.157. The molecule has 1 aliphatic rings. The first-order valence-electron chi connectivity index (χ1n) is 6.82. The summed E-state index contributed by atoms with van der Waals surface area (Å²) in [7, 11) is 0. The van der Waals surface area contributed by atoms with Crippen molar-refractivity contribution in [3.8, 4) is 0 Å². The quantitative estimate of drug-likeness (QED) is 0.812. The maximum atomic E-state index is 12.3. The number of hydrogen-bond donors (Lipinski definition) is 2. The molecule has 0 spiro atoms. The molecule has 0 radical (unpaired) electrons. The fraction of sp³-hybridized carbons (Fsp3) is 0.857. The van der Waals surface area contributed by atoms with Gasteiger partial charge in [-0.3, -0.25) is 9.59 Å². The van der Waals surface area contributed by atoms with Crippen LogP contribution in [0.1, 0.15) is 47.0 Å². The van der Waals surface area contributed by atoms with Crippen molar-refractivity contribution in [3.63, 3.8) is 0 Å². The van der Waals surface area contributed by atoms with Gasteiger partial charge >= 0.3 is 5.97 Å². The molecule has 1 amide bonds. The number of amides is 1. The molecule has 1 aliphatic heterocycles. The van der Waals surface area contributed by atoms with Gasteiger partial charge in [-0.25, -0.2) is 0 Å². The van der Waals surface area contributed by atoms with Crippen LogP contribution in [0.25, 0.3) is 0 Å². The van der Waals surface area contributed by atoms with Gasteiger partial charge in [-0.15, -0.1) is 0 Å². The minimum absolute atomic E-state index is 0.0178. The number of hydrogen-bond acceptors (Lipinski definition) is 3. The van der Waals surface area contributed by atoms with Crippen LogP contribution in [0.5, 0.6) is 0 Å². The molecular formula is C14H25NO4. The highest BCUT2D eigenvalue weighted by atomic mass is 16.4. The second kappa shape index (κ2) is 5.49. The van der Waals surface area contributed by atoms with Gasteiger partial charge in [0.15, 0.2) is 0 Å². The summed E-state index contributed by atoms with van der Waals surface area (Å²) in [5, 5.41) is 19.3. The van der Waals surface area contributed by atoms with Crippen molar-refractivity contribution < 1.29 is 19.8 Å². The van der Waals surface area contributed by atoms with Gasteiger partial charge < -0.3 is 15.1 Å². The highest BCUT2D eigenvalue weighted by Gasteiger charge is 2.41. The lowest BCUT2D eigenvalue weighted by atomic mass is 9.76. The number of aliphatic hydroxyl groups is 1. The van der Waals surface area contributed by atoms with Crippen molar-refractivity contribution in [3.05, 3.63) is 0 Å². The van der Waals surface area contributed by atoms with Crippen molar-refractivity contribution in [2.24, 2.45) is 11.3 Å². The number of nitrogens with zero attached hydrogens (tertiary/aromatic N) is 1. The largest absolute Gasteiger partial charge is 0.481 e. The van der Waals surface area contributed by atoms with Crippen molar-refractivity contribution >= 4 is 11.9 Å². The topological polar surface area (TPSA) is 77.8 Å². The molecule has 1 heterocycles. The molecule has 2 unspecified atom stereocenters. The maximum Gasteiger partial charge on any atom is 0.310 e. The Kier molecular flexibility index (Phi) is 4.61. The Morgan fingerprint density at radius 1 is 1.42 bits per heavy atom. The van der Waals surface area contributed by atoms with Gasteiger partial charge in [0.25, 0.3) is 0 Å². The molecule has 5 nitrogen and oxygen atoms in total. The normalized spacial score (nSPS) is 27.2. The minimum Gasteiger partial charge on any atom is -0.481 e. The standard InChI is InChI=1S/C14H25NO4/c1-10(2)14(4,12(17)18)8-11(16)15-7-5-6-13(3,19)9-15/h10,19H,5-9H2,1-4H3,(H,17,18). The average molecular weight is 271 g/mol. The molecule has 5 heteroatoms. The van der Waals surface area contributed by atoms with Gasteiger partial charge in [0.05, 0.1) is 11.0 Å². The molecule has 0 aromatic rings. The first-order valence-corrected chi connectivity index (χ1v) is 6.82. The Labute approximate surface area is 114 Å². The monoisotopic (exact) mass is 271 g/mol. The fourth-order valence-corrected chi connectivity index (χ4v) is 2.39. The smallest absolute Gasteiger partial charge is 0.310 e. The van der Waals surface area contributed by atoms with E-state index in [1.165, 1.54) is 0 Å². The van der Waals surface area contributed by atoms with Crippen LogP contribution in [-0.4, -0.2) is 45.7 Å². The predicted octanol–water partition coefficient (Wildman–Crippen LogP) is 1.50. The van der Waals surface area contributed by atoms with Gasteiger partial charge in [0.2, 0.25) is 5.91 Å². The summed E-state index contributed by atoms with van der Waals surface area (Å²) >= 11 is 0. The number of carbonyl (C=O) groups is 2. The summed E-state index contributed by atoms with van der Waals surface area (Å²) in [6, 6.07) is 0. The molecule has 0 bridgehead atoms. The van der Waals surface area contributed by atoms with Crippen LogP contribution in [0, 0.1) is 11.3 Å². The Balaban J connectivity index is 2.76. The van der Waals surface area contributed by atoms with Crippen molar-refractivity contribution in [2.45, 2.75) is 52.6 Å². The summed E-state index contributed by atoms with van der Waals surface area (Å²) in [5.41, 5.74) is -1.91. The minimum atomic E-state index is -1.06. The summed E-state index contributed by atoms with van der Waals surface area (Å²) in [6.07, 6.45) is 1.41. The third kappa shape index (κ3) is 3.69. The van der Waals surface area contributed by atoms with E-state index in [0.29, 0.717) is 19.5 Å². The molecule has 0 saturated carbocycles. The highest BCUT2D eigenvalue weighted by Crippen LogP contribution is 2.33.